The third kappa shape index (κ3) is 7.62. The van der Waals surface area contributed by atoms with E-state index in [-0.39, 0.29) is 24.3 Å². The van der Waals surface area contributed by atoms with Gasteiger partial charge in [-0.25, -0.2) is 0 Å². The largest absolute Gasteiger partial charge is 0.466 e. The van der Waals surface area contributed by atoms with Crippen molar-refractivity contribution in [1.29, 1.82) is 0 Å². The summed E-state index contributed by atoms with van der Waals surface area (Å²) >= 11 is 0. The molecule has 1 unspecified atom stereocenters. The second-order valence-electron chi connectivity index (χ2n) is 6.51. The Morgan fingerprint density at radius 3 is 2.46 bits per heavy atom. The molecule has 1 aromatic rings. The molecule has 4 nitrogen and oxygen atoms in total. The summed E-state index contributed by atoms with van der Waals surface area (Å²) in [4.78, 5) is 24.0. The predicted molar refractivity (Wildman–Crippen MR) is 97.2 cm³/mol. The lowest BCUT2D eigenvalue weighted by Crippen LogP contribution is -2.34. The molecule has 1 N–H and O–H groups in total. The van der Waals surface area contributed by atoms with Crippen molar-refractivity contribution in [2.24, 2.45) is 0 Å². The number of carbonyl (C=O) groups excluding carboxylic acids is 2. The molecule has 0 heterocycles. The van der Waals surface area contributed by atoms with E-state index in [1.165, 1.54) is 19.3 Å². The van der Waals surface area contributed by atoms with E-state index in [1.54, 1.807) is 6.07 Å². The number of amides is 1. The number of carbonyl (C=O) groups is 2. The van der Waals surface area contributed by atoms with E-state index in [0.29, 0.717) is 12.2 Å². The van der Waals surface area contributed by atoms with Gasteiger partial charge in [0.05, 0.1) is 13.0 Å². The normalized spacial score (nSPS) is 11.8. The first-order valence-corrected chi connectivity index (χ1v) is 8.97. The van der Waals surface area contributed by atoms with Crippen LogP contribution in [0.1, 0.15) is 73.9 Å². The minimum atomic E-state index is -0.252. The number of hydrogen-bond donors (Lipinski definition) is 1. The zero-order chi connectivity index (χ0) is 17.9. The lowest BCUT2D eigenvalue weighted by Gasteiger charge is -2.14. The number of ether oxygens (including phenoxy) is 1. The van der Waals surface area contributed by atoms with Crippen LogP contribution >= 0.6 is 0 Å². The summed E-state index contributed by atoms with van der Waals surface area (Å²) in [5.41, 5.74) is 2.86. The van der Waals surface area contributed by atoms with Gasteiger partial charge >= 0.3 is 5.97 Å². The highest BCUT2D eigenvalue weighted by Crippen LogP contribution is 2.10. The Hall–Kier alpha value is -1.84. The third-order valence-corrected chi connectivity index (χ3v) is 4.13. The van der Waals surface area contributed by atoms with E-state index < -0.39 is 0 Å². The van der Waals surface area contributed by atoms with Crippen molar-refractivity contribution in [2.75, 3.05) is 6.61 Å². The standard InChI is InChI=1S/C20H31NO3/c1-5-6-7-8-9-12-24-19(22)14-17(4)21-20(23)18-11-10-15(2)16(3)13-18/h10-11,13,17H,5-9,12,14H2,1-4H3,(H,21,23). The maximum absolute atomic E-state index is 12.2. The number of hydrogen-bond acceptors (Lipinski definition) is 3. The summed E-state index contributed by atoms with van der Waals surface area (Å²) < 4.78 is 5.22. The highest BCUT2D eigenvalue weighted by molar-refractivity contribution is 5.94. The van der Waals surface area contributed by atoms with Crippen LogP contribution in [0.15, 0.2) is 18.2 Å². The first-order valence-electron chi connectivity index (χ1n) is 8.97. The molecule has 0 spiro atoms. The van der Waals surface area contributed by atoms with Crippen molar-refractivity contribution < 1.29 is 14.3 Å². The fraction of sp³-hybridized carbons (Fsp3) is 0.600. The average Bonchev–Trinajstić information content (AvgIpc) is 2.53. The lowest BCUT2D eigenvalue weighted by molar-refractivity contribution is -0.144. The monoisotopic (exact) mass is 333 g/mol. The van der Waals surface area contributed by atoms with Gasteiger partial charge in [0.2, 0.25) is 0 Å². The summed E-state index contributed by atoms with van der Waals surface area (Å²) in [5.74, 6) is -0.406. The second kappa shape index (κ2) is 10.8. The summed E-state index contributed by atoms with van der Waals surface area (Å²) in [5, 5.41) is 2.85. The Labute approximate surface area is 146 Å². The van der Waals surface area contributed by atoms with E-state index >= 15 is 0 Å². The average molecular weight is 333 g/mol. The van der Waals surface area contributed by atoms with E-state index in [4.69, 9.17) is 4.74 Å². The molecule has 4 heteroatoms. The van der Waals surface area contributed by atoms with Gasteiger partial charge in [-0.1, -0.05) is 38.7 Å². The Balaban J connectivity index is 2.29. The molecule has 1 amide bonds. The highest BCUT2D eigenvalue weighted by Gasteiger charge is 2.14. The molecule has 0 bridgehead atoms. The Morgan fingerprint density at radius 2 is 1.79 bits per heavy atom. The molecule has 134 valence electrons. The molecule has 24 heavy (non-hydrogen) atoms. The summed E-state index contributed by atoms with van der Waals surface area (Å²) in [6.45, 7) is 8.46. The summed E-state index contributed by atoms with van der Waals surface area (Å²) in [6.07, 6.45) is 5.84. The number of rotatable bonds is 10. The van der Waals surface area contributed by atoms with Crippen LogP contribution in [0.2, 0.25) is 0 Å². The fourth-order valence-corrected chi connectivity index (χ4v) is 2.44. The molecule has 0 aromatic heterocycles. The summed E-state index contributed by atoms with van der Waals surface area (Å²) in [6, 6.07) is 5.36. The first-order chi connectivity index (χ1) is 11.4. The third-order valence-electron chi connectivity index (χ3n) is 4.13. The highest BCUT2D eigenvalue weighted by atomic mass is 16.5. The van der Waals surface area contributed by atoms with Crippen LogP contribution in [0.3, 0.4) is 0 Å². The number of benzene rings is 1. The smallest absolute Gasteiger partial charge is 0.307 e. The maximum atomic E-state index is 12.2. The van der Waals surface area contributed by atoms with E-state index in [9.17, 15) is 9.59 Å². The Kier molecular flexibility index (Phi) is 9.13. The van der Waals surface area contributed by atoms with Gasteiger partial charge in [0.15, 0.2) is 0 Å². The molecule has 0 fully saturated rings. The molecular weight excluding hydrogens is 302 g/mol. The lowest BCUT2D eigenvalue weighted by atomic mass is 10.1. The van der Waals surface area contributed by atoms with Crippen LogP contribution < -0.4 is 5.32 Å². The van der Waals surface area contributed by atoms with Crippen LogP contribution in [-0.4, -0.2) is 24.5 Å². The number of aryl methyl sites for hydroxylation is 2. The van der Waals surface area contributed by atoms with Crippen LogP contribution in [-0.2, 0) is 9.53 Å². The number of unbranched alkanes of at least 4 members (excludes halogenated alkanes) is 4. The van der Waals surface area contributed by atoms with Crippen LogP contribution in [0.4, 0.5) is 0 Å². The van der Waals surface area contributed by atoms with E-state index in [1.807, 2.05) is 32.9 Å². The predicted octanol–water partition coefficient (Wildman–Crippen LogP) is 4.33. The molecular formula is C20H31NO3. The number of nitrogens with one attached hydrogen (secondary N) is 1. The van der Waals surface area contributed by atoms with E-state index in [0.717, 1.165) is 24.0 Å². The minimum Gasteiger partial charge on any atom is -0.466 e. The molecule has 0 saturated heterocycles. The van der Waals surface area contributed by atoms with Crippen molar-refractivity contribution in [3.63, 3.8) is 0 Å². The molecule has 1 aromatic carbocycles. The van der Waals surface area contributed by atoms with Gasteiger partial charge in [-0.05, 0) is 50.5 Å². The zero-order valence-corrected chi connectivity index (χ0v) is 15.5. The van der Waals surface area contributed by atoms with Gasteiger partial charge in [-0.15, -0.1) is 0 Å². The van der Waals surface area contributed by atoms with Crippen molar-refractivity contribution in [3.8, 4) is 0 Å². The quantitative estimate of drug-likeness (QED) is 0.512. The van der Waals surface area contributed by atoms with Crippen LogP contribution in [0.25, 0.3) is 0 Å². The molecule has 1 atom stereocenters. The summed E-state index contributed by atoms with van der Waals surface area (Å²) in [7, 11) is 0. The zero-order valence-electron chi connectivity index (χ0n) is 15.5. The van der Waals surface area contributed by atoms with Gasteiger partial charge in [0, 0.05) is 11.6 Å². The number of esters is 1. The fourth-order valence-electron chi connectivity index (χ4n) is 2.44. The van der Waals surface area contributed by atoms with Crippen molar-refractivity contribution in [2.45, 2.75) is 72.3 Å². The first kappa shape index (κ1) is 20.2. The second-order valence-corrected chi connectivity index (χ2v) is 6.51. The Bertz CT molecular complexity index is 540. The molecule has 1 rings (SSSR count). The SMILES string of the molecule is CCCCCCCOC(=O)CC(C)NC(=O)c1ccc(C)c(C)c1. The molecule has 0 saturated carbocycles. The Morgan fingerprint density at radius 1 is 1.08 bits per heavy atom. The van der Waals surface area contributed by atoms with Crippen molar-refractivity contribution in [1.82, 2.24) is 5.32 Å². The topological polar surface area (TPSA) is 55.4 Å². The van der Waals surface area contributed by atoms with Crippen molar-refractivity contribution >= 4 is 11.9 Å². The van der Waals surface area contributed by atoms with Gasteiger partial charge < -0.3 is 10.1 Å². The van der Waals surface area contributed by atoms with E-state index in [2.05, 4.69) is 12.2 Å². The maximum Gasteiger partial charge on any atom is 0.307 e. The van der Waals surface area contributed by atoms with Gasteiger partial charge in [-0.3, -0.25) is 9.59 Å². The van der Waals surface area contributed by atoms with Crippen LogP contribution in [0.5, 0.6) is 0 Å². The van der Waals surface area contributed by atoms with Crippen LogP contribution in [0, 0.1) is 13.8 Å². The van der Waals surface area contributed by atoms with Gasteiger partial charge in [0.25, 0.3) is 5.91 Å². The minimum absolute atomic E-state index is 0.155. The van der Waals surface area contributed by atoms with Crippen molar-refractivity contribution in [3.05, 3.63) is 34.9 Å². The molecule has 0 aliphatic carbocycles. The van der Waals surface area contributed by atoms with Gasteiger partial charge in [-0.2, -0.15) is 0 Å². The van der Waals surface area contributed by atoms with Gasteiger partial charge in [0.1, 0.15) is 0 Å². The molecule has 0 radical (unpaired) electrons. The molecule has 0 aliphatic rings. The molecule has 0 aliphatic heterocycles.